The van der Waals surface area contributed by atoms with Crippen LogP contribution in [0, 0.1) is 11.6 Å². The van der Waals surface area contributed by atoms with E-state index < -0.39 is 54.4 Å². The van der Waals surface area contributed by atoms with Gasteiger partial charge in [-0.3, -0.25) is 19.2 Å². The quantitative estimate of drug-likeness (QED) is 0.0345. The highest BCUT2D eigenvalue weighted by Crippen LogP contribution is 2.44. The lowest BCUT2D eigenvalue weighted by Gasteiger charge is -2.27. The van der Waals surface area contributed by atoms with Crippen LogP contribution in [0.25, 0.3) is 45.0 Å². The molecule has 5 heterocycles. The fourth-order valence-corrected chi connectivity index (χ4v) is 10.6. The predicted octanol–water partition coefficient (Wildman–Crippen LogP) is 11.3. The Kier molecular flexibility index (Phi) is 22.1. The molecule has 452 valence electrons. The number of ether oxygens (including phenoxy) is 3. The van der Waals surface area contributed by atoms with Gasteiger partial charge in [-0.15, -0.1) is 0 Å². The fourth-order valence-electron chi connectivity index (χ4n) is 10.6. The van der Waals surface area contributed by atoms with Gasteiger partial charge in [0.15, 0.2) is 0 Å². The van der Waals surface area contributed by atoms with Gasteiger partial charge < -0.3 is 54.4 Å². The number of hydrogen-bond donors (Lipinski definition) is 6. The van der Waals surface area contributed by atoms with Crippen molar-refractivity contribution >= 4 is 35.1 Å². The van der Waals surface area contributed by atoms with Crippen molar-refractivity contribution in [3.05, 3.63) is 168 Å². The summed E-state index contributed by atoms with van der Waals surface area (Å²) in [4.78, 5) is 68.8. The van der Waals surface area contributed by atoms with E-state index in [9.17, 15) is 43.3 Å². The molecule has 8 aromatic rings. The van der Waals surface area contributed by atoms with Crippen LogP contribution in [0.15, 0.2) is 134 Å². The lowest BCUT2D eigenvalue weighted by molar-refractivity contribution is -0.160. The molecule has 1 aliphatic heterocycles. The number of aromatic nitrogens is 6. The summed E-state index contributed by atoms with van der Waals surface area (Å²) in [7, 11) is 2.90. The molecule has 0 unspecified atom stereocenters. The predicted molar refractivity (Wildman–Crippen MR) is 322 cm³/mol. The molecule has 2 amide bonds. The molecular formula is C65H72F2N8O11. The fraction of sp³-hybridized carbons (Fsp3) is 0.323. The Labute approximate surface area is 497 Å². The van der Waals surface area contributed by atoms with Crippen LogP contribution in [0.5, 0.6) is 12.0 Å². The van der Waals surface area contributed by atoms with Gasteiger partial charge in [-0.25, -0.2) is 18.7 Å². The summed E-state index contributed by atoms with van der Waals surface area (Å²) >= 11 is 0. The van der Waals surface area contributed by atoms with Crippen LogP contribution in [-0.4, -0.2) is 112 Å². The smallest absolute Gasteiger partial charge is 0.316 e. The average Bonchev–Trinajstić information content (AvgIpc) is 1.66. The number of aliphatic carboxylic acids is 1. The number of aliphatic hydroxyl groups is 3. The first-order chi connectivity index (χ1) is 40.8. The topological polar surface area (TPSA) is 262 Å². The van der Waals surface area contributed by atoms with Crippen molar-refractivity contribution in [2.75, 3.05) is 24.9 Å². The number of benzene rings is 4. The van der Waals surface area contributed by atoms with Crippen LogP contribution < -0.4 is 20.1 Å². The van der Waals surface area contributed by atoms with Crippen LogP contribution in [0.3, 0.4) is 0 Å². The van der Waals surface area contributed by atoms with Gasteiger partial charge in [0.05, 0.1) is 79.3 Å². The number of aliphatic hydroxyl groups excluding tert-OH is 3. The van der Waals surface area contributed by atoms with E-state index in [-0.39, 0.29) is 68.9 Å². The average molecular weight is 1180 g/mol. The van der Waals surface area contributed by atoms with Crippen molar-refractivity contribution in [2.24, 2.45) is 0 Å². The number of hydrogen-bond acceptors (Lipinski definition) is 14. The number of cyclic esters (lactones) is 1. The molecule has 1 saturated heterocycles. The molecule has 0 bridgehead atoms. The van der Waals surface area contributed by atoms with Gasteiger partial charge in [-0.05, 0) is 121 Å². The molecule has 1 aliphatic rings. The number of rotatable bonds is 22. The molecule has 4 atom stereocenters. The number of carboxylic acid groups (broad SMARTS) is 1. The summed E-state index contributed by atoms with van der Waals surface area (Å²) in [6.45, 7) is 8.43. The van der Waals surface area contributed by atoms with Gasteiger partial charge in [0.25, 0.3) is 11.8 Å². The Morgan fingerprint density at radius 3 is 1.51 bits per heavy atom. The van der Waals surface area contributed by atoms with Gasteiger partial charge in [-0.1, -0.05) is 71.5 Å². The second-order valence-electron chi connectivity index (χ2n) is 21.0. The number of nitrogens with zero attached hydrogens (tertiary/aromatic N) is 6. The van der Waals surface area contributed by atoms with E-state index in [4.69, 9.17) is 19.3 Å². The SMILES string of the molecule is C.COc1nccc(-c2c(C(=O)Nc3ccccc3)c(C(C)C)n(CC[C@@H](O)C[C@@H](O)CC(=O)O)c2-c2ccc(F)cc2)n1.COc1nccc(-c2c(C(=O)Nc3ccccc3)c(C(C)C)n(CC[C@@H]3C[C@@H](O)CC(=O)O3)c2-c2ccc(F)cc2)n1. The molecule has 0 radical (unpaired) electrons. The summed E-state index contributed by atoms with van der Waals surface area (Å²) in [5.74, 6) is -3.46. The van der Waals surface area contributed by atoms with E-state index in [1.165, 1.54) is 44.7 Å². The Morgan fingerprint density at radius 2 is 1.10 bits per heavy atom. The lowest BCUT2D eigenvalue weighted by atomic mass is 9.97. The number of para-hydroxylation sites is 2. The minimum Gasteiger partial charge on any atom is -0.481 e. The van der Waals surface area contributed by atoms with Crippen LogP contribution in [-0.2, 0) is 27.4 Å². The highest BCUT2D eigenvalue weighted by Gasteiger charge is 2.35. The standard InChI is InChI=1S/C32H35FN4O6.C32H33FN4O5.CH4/c1-19(2)29-28(31(42)35-22-7-5-4-6-8-22)27(25-13-15-34-32(36-25)43-3)30(20-9-11-21(33)12-10-20)37(29)16-14-23(38)17-24(39)18-26(40)41;1-19(2)29-28(31(40)35-22-7-5-4-6-8-22)27(25-13-15-34-32(36-25)41-3)30(20-9-11-21(33)12-10-20)37(29)16-14-24-17-23(38)18-26(39)42-24;/h4-13,15,19,23-24,38-39H,14,16-18H2,1-3H3,(H,35,42)(H,40,41);4-13,15,19,23-24,38H,14,16-18H2,1-3H3,(H,35,40);1H4/t2*23-,24-;/m11./s1. The van der Waals surface area contributed by atoms with Crippen LogP contribution in [0.1, 0.15) is 118 Å². The molecular weight excluding hydrogens is 1110 g/mol. The van der Waals surface area contributed by atoms with Crippen LogP contribution in [0.2, 0.25) is 0 Å². The van der Waals surface area contributed by atoms with E-state index in [0.29, 0.717) is 92.6 Å². The van der Waals surface area contributed by atoms with E-state index in [0.717, 1.165) is 5.69 Å². The summed E-state index contributed by atoms with van der Waals surface area (Å²) in [6.07, 6.45) is -0.185. The maximum absolute atomic E-state index is 14.2. The van der Waals surface area contributed by atoms with Crippen molar-refractivity contribution in [1.29, 1.82) is 0 Å². The van der Waals surface area contributed by atoms with Crippen molar-refractivity contribution in [1.82, 2.24) is 29.1 Å². The Morgan fingerprint density at radius 1 is 0.663 bits per heavy atom. The number of nitrogens with one attached hydrogen (secondary N) is 2. The summed E-state index contributed by atoms with van der Waals surface area (Å²) in [5.41, 5.74) is 7.74. The molecule has 21 heteroatoms. The van der Waals surface area contributed by atoms with E-state index >= 15 is 0 Å². The maximum atomic E-state index is 14.2. The first-order valence-corrected chi connectivity index (χ1v) is 27.8. The zero-order chi connectivity index (χ0) is 60.9. The van der Waals surface area contributed by atoms with E-state index in [1.807, 2.05) is 73.2 Å². The van der Waals surface area contributed by atoms with Crippen molar-refractivity contribution in [3.8, 4) is 57.1 Å². The molecule has 1 fully saturated rings. The molecule has 0 spiro atoms. The number of amides is 2. The second kappa shape index (κ2) is 29.6. The molecule has 0 saturated carbocycles. The normalized spacial score (nSPS) is 14.5. The largest absolute Gasteiger partial charge is 0.481 e. The third kappa shape index (κ3) is 15.8. The summed E-state index contributed by atoms with van der Waals surface area (Å²) < 4.78 is 48.2. The van der Waals surface area contributed by atoms with E-state index in [2.05, 4.69) is 30.6 Å². The van der Waals surface area contributed by atoms with Crippen molar-refractivity contribution in [2.45, 2.75) is 123 Å². The number of carbonyl (C=O) groups is 4. The van der Waals surface area contributed by atoms with Gasteiger partial charge in [0.2, 0.25) is 0 Å². The Bertz CT molecular complexity index is 3600. The zero-order valence-electron chi connectivity index (χ0n) is 47.9. The van der Waals surface area contributed by atoms with Crippen molar-refractivity contribution < 1.29 is 62.6 Å². The lowest BCUT2D eigenvalue weighted by Crippen LogP contribution is -2.33. The van der Waals surface area contributed by atoms with E-state index in [1.54, 1.807) is 66.9 Å². The van der Waals surface area contributed by atoms with Crippen LogP contribution in [0.4, 0.5) is 20.2 Å². The summed E-state index contributed by atoms with van der Waals surface area (Å²) in [6, 6.07) is 33.7. The van der Waals surface area contributed by atoms with Gasteiger partial charge in [-0.2, -0.15) is 9.97 Å². The highest BCUT2D eigenvalue weighted by molar-refractivity contribution is 6.13. The number of esters is 1. The molecule has 0 aliphatic carbocycles. The van der Waals surface area contributed by atoms with Gasteiger partial charge in [0, 0.05) is 72.2 Å². The molecule has 9 rings (SSSR count). The number of anilines is 2. The summed E-state index contributed by atoms with van der Waals surface area (Å²) in [5, 5.41) is 46.0. The first-order valence-electron chi connectivity index (χ1n) is 27.8. The first kappa shape index (κ1) is 64.4. The van der Waals surface area contributed by atoms with Crippen LogP contribution >= 0.6 is 0 Å². The molecule has 4 aromatic heterocycles. The molecule has 4 aromatic carbocycles. The molecule has 19 nitrogen and oxygen atoms in total. The Balaban J connectivity index is 0.000000243. The number of carbonyl (C=O) groups excluding carboxylic acids is 3. The number of methoxy groups -OCH3 is 2. The monoisotopic (exact) mass is 1180 g/mol. The highest BCUT2D eigenvalue weighted by atomic mass is 19.1. The maximum Gasteiger partial charge on any atom is 0.316 e. The molecule has 6 N–H and O–H groups in total. The van der Waals surface area contributed by atoms with Gasteiger partial charge in [0.1, 0.15) is 17.7 Å². The van der Waals surface area contributed by atoms with Crippen molar-refractivity contribution in [3.63, 3.8) is 0 Å². The number of carboxylic acids is 1. The third-order valence-corrected chi connectivity index (χ3v) is 14.1. The molecule has 86 heavy (non-hydrogen) atoms. The minimum absolute atomic E-state index is 0. The van der Waals surface area contributed by atoms with Gasteiger partial charge >= 0.3 is 24.0 Å². The second-order valence-corrected chi connectivity index (χ2v) is 21.0. The minimum atomic E-state index is -1.21. The zero-order valence-corrected chi connectivity index (χ0v) is 47.9. The third-order valence-electron chi connectivity index (χ3n) is 14.1. The number of halogens is 2. The Hall–Kier alpha value is -9.18.